The maximum Gasteiger partial charge on any atom is 0.224 e. The zero-order chi connectivity index (χ0) is 17.4. The fourth-order valence-electron chi connectivity index (χ4n) is 2.68. The highest BCUT2D eigenvalue weighted by atomic mass is 16.8. The highest BCUT2D eigenvalue weighted by molar-refractivity contribution is 4.99. The van der Waals surface area contributed by atoms with E-state index in [1.54, 1.807) is 0 Å². The van der Waals surface area contributed by atoms with Gasteiger partial charge in [-0.15, -0.1) is 0 Å². The van der Waals surface area contributed by atoms with Gasteiger partial charge in [-0.2, -0.15) is 0 Å². The van der Waals surface area contributed by atoms with E-state index in [4.69, 9.17) is 30.2 Å². The Morgan fingerprint density at radius 2 is 1.52 bits per heavy atom. The van der Waals surface area contributed by atoms with Crippen molar-refractivity contribution < 1.29 is 50.0 Å². The lowest BCUT2D eigenvalue weighted by Gasteiger charge is -2.43. The molecule has 2 saturated heterocycles. The van der Waals surface area contributed by atoms with Crippen LogP contribution in [0, 0.1) is 0 Å². The van der Waals surface area contributed by atoms with Gasteiger partial charge < -0.3 is 55.7 Å². The first-order valence-electron chi connectivity index (χ1n) is 7.12. The van der Waals surface area contributed by atoms with Gasteiger partial charge in [-0.05, 0) is 0 Å². The van der Waals surface area contributed by atoms with Crippen LogP contribution in [0.1, 0.15) is 0 Å². The normalized spacial score (nSPS) is 51.1. The van der Waals surface area contributed by atoms with Crippen molar-refractivity contribution in [3.05, 3.63) is 0 Å². The number of aliphatic hydroxyl groups excluding tert-OH is 7. The Kier molecular flexibility index (Phi) is 5.92. The molecule has 2 aliphatic rings. The van der Waals surface area contributed by atoms with Crippen LogP contribution in [0.25, 0.3) is 0 Å². The lowest BCUT2D eigenvalue weighted by molar-refractivity contribution is -0.374. The van der Waals surface area contributed by atoms with Crippen LogP contribution in [0.4, 0.5) is 0 Å². The van der Waals surface area contributed by atoms with Crippen LogP contribution >= 0.6 is 0 Å². The van der Waals surface area contributed by atoms with Crippen LogP contribution in [0.2, 0.25) is 0 Å². The molecule has 0 unspecified atom stereocenters. The molecule has 0 aromatic heterocycles. The second-order valence-electron chi connectivity index (χ2n) is 5.65. The maximum atomic E-state index is 10.0. The summed E-state index contributed by atoms with van der Waals surface area (Å²) in [6.07, 6.45) is -10.1. The summed E-state index contributed by atoms with van der Waals surface area (Å²) in [6.45, 7) is -2.18. The quantitative estimate of drug-likeness (QED) is 0.238. The molecule has 2 fully saturated rings. The monoisotopic (exact) mass is 341 g/mol. The van der Waals surface area contributed by atoms with Crippen molar-refractivity contribution in [2.24, 2.45) is 5.73 Å². The summed E-state index contributed by atoms with van der Waals surface area (Å²) >= 11 is 0. The predicted octanol–water partition coefficient (Wildman–Crippen LogP) is -5.43. The first kappa shape index (κ1) is 18.9. The average molecular weight is 341 g/mol. The number of hydrogen-bond acceptors (Lipinski definition) is 11. The Morgan fingerprint density at radius 3 is 2.00 bits per heavy atom. The Morgan fingerprint density at radius 1 is 0.913 bits per heavy atom. The molecule has 0 bridgehead atoms. The van der Waals surface area contributed by atoms with E-state index < -0.39 is 74.6 Å². The molecule has 9 atom stereocenters. The van der Waals surface area contributed by atoms with E-state index in [9.17, 15) is 25.5 Å². The van der Waals surface area contributed by atoms with E-state index in [0.717, 1.165) is 0 Å². The molecule has 11 nitrogen and oxygen atoms in total. The summed E-state index contributed by atoms with van der Waals surface area (Å²) in [7, 11) is 0. The summed E-state index contributed by atoms with van der Waals surface area (Å²) in [5.41, 5.74) is 5.63. The van der Waals surface area contributed by atoms with Crippen LogP contribution < -0.4 is 5.73 Å². The minimum absolute atomic E-state index is 0.612. The maximum absolute atomic E-state index is 10.0. The van der Waals surface area contributed by atoms with Crippen molar-refractivity contribution in [3.63, 3.8) is 0 Å². The highest BCUT2D eigenvalue weighted by Crippen LogP contribution is 2.35. The molecule has 2 heterocycles. The zero-order valence-corrected chi connectivity index (χ0v) is 12.2. The molecule has 23 heavy (non-hydrogen) atoms. The van der Waals surface area contributed by atoms with Crippen molar-refractivity contribution in [2.45, 2.75) is 54.7 Å². The summed E-state index contributed by atoms with van der Waals surface area (Å²) in [4.78, 5) is 0. The summed E-state index contributed by atoms with van der Waals surface area (Å²) in [5.74, 6) is -2.17. The third-order valence-corrected chi connectivity index (χ3v) is 4.16. The van der Waals surface area contributed by atoms with E-state index in [1.807, 2.05) is 0 Å². The van der Waals surface area contributed by atoms with E-state index in [-0.39, 0.29) is 0 Å². The van der Waals surface area contributed by atoms with Crippen molar-refractivity contribution in [1.29, 1.82) is 0 Å². The number of rotatable bonds is 5. The topological polar surface area (TPSA) is 195 Å². The molecular weight excluding hydrogens is 318 g/mol. The highest BCUT2D eigenvalue weighted by Gasteiger charge is 2.58. The summed E-state index contributed by atoms with van der Waals surface area (Å²) in [6, 6.07) is -1.22. The van der Waals surface area contributed by atoms with Crippen LogP contribution in [-0.4, -0.2) is 110 Å². The summed E-state index contributed by atoms with van der Waals surface area (Å²) < 4.78 is 15.6. The van der Waals surface area contributed by atoms with Crippen molar-refractivity contribution in [3.8, 4) is 0 Å². The van der Waals surface area contributed by atoms with E-state index in [1.165, 1.54) is 0 Å². The largest absolute Gasteiger partial charge is 0.394 e. The van der Waals surface area contributed by atoms with E-state index >= 15 is 0 Å². The summed E-state index contributed by atoms with van der Waals surface area (Å²) in [5, 5.41) is 67.3. The molecule has 9 N–H and O–H groups in total. The van der Waals surface area contributed by atoms with Gasteiger partial charge in [0.2, 0.25) is 5.79 Å². The minimum Gasteiger partial charge on any atom is -0.394 e. The molecule has 0 amide bonds. The van der Waals surface area contributed by atoms with Gasteiger partial charge in [0.1, 0.15) is 43.2 Å². The molecule has 136 valence electrons. The number of nitrogens with two attached hydrogens (primary N) is 1. The van der Waals surface area contributed by atoms with Gasteiger partial charge in [-0.3, -0.25) is 0 Å². The molecule has 0 aromatic carbocycles. The lowest BCUT2D eigenvalue weighted by Crippen LogP contribution is -2.65. The molecule has 2 aliphatic heterocycles. The number of ether oxygens (including phenoxy) is 3. The Bertz CT molecular complexity index is 398. The third-order valence-electron chi connectivity index (χ3n) is 4.16. The molecule has 11 heteroatoms. The van der Waals surface area contributed by atoms with Crippen LogP contribution in [0.3, 0.4) is 0 Å². The van der Waals surface area contributed by atoms with Gasteiger partial charge in [0, 0.05) is 0 Å². The van der Waals surface area contributed by atoms with Crippen LogP contribution in [0.5, 0.6) is 0 Å². The fraction of sp³-hybridized carbons (Fsp3) is 1.00. The second kappa shape index (κ2) is 7.21. The van der Waals surface area contributed by atoms with Gasteiger partial charge in [0.05, 0.1) is 19.3 Å². The number of aliphatic hydroxyl groups is 7. The van der Waals surface area contributed by atoms with Gasteiger partial charge in [0.15, 0.2) is 6.29 Å². The molecule has 0 aliphatic carbocycles. The van der Waals surface area contributed by atoms with E-state index in [2.05, 4.69) is 0 Å². The Labute approximate surface area is 131 Å². The lowest BCUT2D eigenvalue weighted by atomic mass is 9.97. The fourth-order valence-corrected chi connectivity index (χ4v) is 2.68. The molecule has 0 radical (unpaired) electrons. The first-order valence-corrected chi connectivity index (χ1v) is 7.12. The first-order chi connectivity index (χ1) is 10.8. The van der Waals surface area contributed by atoms with E-state index in [0.29, 0.717) is 0 Å². The van der Waals surface area contributed by atoms with Gasteiger partial charge in [-0.25, -0.2) is 0 Å². The molecular formula is C12H23NO10. The predicted molar refractivity (Wildman–Crippen MR) is 70.6 cm³/mol. The number of hydrogen-bond donors (Lipinski definition) is 8. The van der Waals surface area contributed by atoms with Crippen molar-refractivity contribution in [2.75, 3.05) is 19.8 Å². The Balaban J connectivity index is 2.18. The smallest absolute Gasteiger partial charge is 0.224 e. The van der Waals surface area contributed by atoms with Crippen molar-refractivity contribution >= 4 is 0 Å². The van der Waals surface area contributed by atoms with Crippen LogP contribution in [0.15, 0.2) is 0 Å². The minimum atomic E-state index is -2.17. The van der Waals surface area contributed by atoms with Gasteiger partial charge >= 0.3 is 0 Å². The third kappa shape index (κ3) is 3.23. The SMILES string of the molecule is N[C@@H]1[C@@H](O)[C@@H](O[C@]2(CO)O[C@H](CO)[C@@H](O)[C@@H]2O)O[C@H](CO)[C@H]1O. The molecule has 0 aromatic rings. The van der Waals surface area contributed by atoms with Gasteiger partial charge in [-0.1, -0.05) is 0 Å². The zero-order valence-electron chi connectivity index (χ0n) is 12.2. The van der Waals surface area contributed by atoms with Crippen LogP contribution in [-0.2, 0) is 14.2 Å². The average Bonchev–Trinajstić information content (AvgIpc) is 2.80. The Hall–Kier alpha value is -0.440. The molecule has 2 rings (SSSR count). The van der Waals surface area contributed by atoms with Gasteiger partial charge in [0.25, 0.3) is 0 Å². The second-order valence-corrected chi connectivity index (χ2v) is 5.65. The molecule has 0 spiro atoms. The molecule has 0 saturated carbocycles. The standard InChI is InChI=1S/C12H23NO10/c13-6-7(17)4(1-14)21-11(9(6)19)23-12(3-16)10(20)8(18)5(2-15)22-12/h4-11,14-20H,1-3,13H2/t4-,5-,6+,7-,8-,9-,10+,11-,12+/m1/s1. The van der Waals surface area contributed by atoms with Crippen molar-refractivity contribution in [1.82, 2.24) is 0 Å².